The molecule has 0 saturated heterocycles. The number of carbonyl (C=O) groups is 1. The van der Waals surface area contributed by atoms with Crippen LogP contribution in [0.2, 0.25) is 0 Å². The molecule has 0 aromatic carbocycles. The van der Waals surface area contributed by atoms with E-state index in [0.717, 1.165) is 0 Å². The van der Waals surface area contributed by atoms with Crippen LogP contribution in [0.1, 0.15) is 20.3 Å². The zero-order valence-electron chi connectivity index (χ0n) is 7.20. The first-order chi connectivity index (χ1) is 5.50. The van der Waals surface area contributed by atoms with Crippen molar-refractivity contribution in [1.29, 1.82) is 0 Å². The summed E-state index contributed by atoms with van der Waals surface area (Å²) in [5, 5.41) is 17.3. The predicted octanol–water partition coefficient (Wildman–Crippen LogP) is 0.686. The lowest BCUT2D eigenvalue weighted by Gasteiger charge is -2.24. The summed E-state index contributed by atoms with van der Waals surface area (Å²) in [7, 11) is 0. The fourth-order valence-corrected chi connectivity index (χ4v) is 1.02. The normalized spacial score (nSPS) is 13.8. The second-order valence-corrected chi connectivity index (χ2v) is 3.19. The van der Waals surface area contributed by atoms with E-state index in [1.54, 1.807) is 13.8 Å². The molecule has 0 heterocycles. The molecule has 0 aliphatic heterocycles. The lowest BCUT2D eigenvalue weighted by Crippen LogP contribution is -2.39. The number of halogens is 1. The molecule has 1 unspecified atom stereocenters. The van der Waals surface area contributed by atoms with Crippen molar-refractivity contribution in [2.24, 2.45) is 0 Å². The van der Waals surface area contributed by atoms with Gasteiger partial charge in [0.2, 0.25) is 0 Å². The van der Waals surface area contributed by atoms with Crippen LogP contribution >= 0.6 is 11.8 Å². The van der Waals surface area contributed by atoms with Gasteiger partial charge < -0.3 is 10.2 Å². The van der Waals surface area contributed by atoms with Crippen molar-refractivity contribution < 1.29 is 15.0 Å². The Bertz CT molecular complexity index is 152. The summed E-state index contributed by atoms with van der Waals surface area (Å²) in [6.07, 6.45) is 0.150. The molecule has 0 radical (unpaired) electrons. The van der Waals surface area contributed by atoms with E-state index in [1.165, 1.54) is 4.42 Å². The number of rotatable bonds is 5. The molecule has 0 saturated carbocycles. The molecule has 0 spiro atoms. The van der Waals surface area contributed by atoms with E-state index in [-0.39, 0.29) is 19.1 Å². The van der Waals surface area contributed by atoms with Gasteiger partial charge in [-0.15, -0.1) is 0 Å². The molecule has 12 heavy (non-hydrogen) atoms. The summed E-state index contributed by atoms with van der Waals surface area (Å²) >= 11 is 5.70. The number of carboxylic acid groups (broad SMARTS) is 1. The van der Waals surface area contributed by atoms with E-state index in [0.29, 0.717) is 0 Å². The Balaban J connectivity index is 4.18. The number of carboxylic acids is 1. The van der Waals surface area contributed by atoms with Gasteiger partial charge in [-0.05, 0) is 32.0 Å². The molecule has 2 N–H and O–H groups in total. The Morgan fingerprint density at radius 3 is 2.33 bits per heavy atom. The Hall–Kier alpha value is -0.320. The van der Waals surface area contributed by atoms with Crippen LogP contribution in [-0.2, 0) is 4.79 Å². The van der Waals surface area contributed by atoms with Crippen molar-refractivity contribution in [1.82, 2.24) is 4.42 Å². The maximum Gasteiger partial charge on any atom is 0.322 e. The van der Waals surface area contributed by atoms with Gasteiger partial charge in [-0.3, -0.25) is 4.79 Å². The average Bonchev–Trinajstić information content (AvgIpc) is 1.98. The smallest absolute Gasteiger partial charge is 0.322 e. The Labute approximate surface area is 76.9 Å². The van der Waals surface area contributed by atoms with Crippen LogP contribution < -0.4 is 0 Å². The van der Waals surface area contributed by atoms with Crippen LogP contribution in [0.3, 0.4) is 0 Å². The minimum atomic E-state index is -1.01. The number of hydrogen-bond donors (Lipinski definition) is 2. The van der Waals surface area contributed by atoms with Crippen LogP contribution in [0, 0.1) is 0 Å². The SMILES string of the molecule is CC(C)N(Cl)C(CCO)C(=O)O. The van der Waals surface area contributed by atoms with E-state index >= 15 is 0 Å². The fraction of sp³-hybridized carbons (Fsp3) is 0.857. The maximum atomic E-state index is 10.6. The van der Waals surface area contributed by atoms with Crippen molar-refractivity contribution in [2.45, 2.75) is 32.4 Å². The van der Waals surface area contributed by atoms with Crippen LogP contribution in [0.5, 0.6) is 0 Å². The van der Waals surface area contributed by atoms with Crippen LogP contribution in [0.15, 0.2) is 0 Å². The molecule has 0 aliphatic rings. The van der Waals surface area contributed by atoms with Gasteiger partial charge in [-0.25, -0.2) is 4.42 Å². The number of hydrogen-bond acceptors (Lipinski definition) is 3. The Kier molecular flexibility index (Phi) is 5.20. The summed E-state index contributed by atoms with van der Waals surface area (Å²) in [6, 6.07) is -0.865. The topological polar surface area (TPSA) is 60.8 Å². The zero-order chi connectivity index (χ0) is 9.72. The maximum absolute atomic E-state index is 10.6. The molecule has 5 heteroatoms. The molecule has 0 rings (SSSR count). The second-order valence-electron chi connectivity index (χ2n) is 2.80. The van der Waals surface area contributed by atoms with Gasteiger partial charge in [0, 0.05) is 12.6 Å². The van der Waals surface area contributed by atoms with Crippen LogP contribution in [0.4, 0.5) is 0 Å². The zero-order valence-corrected chi connectivity index (χ0v) is 7.95. The van der Waals surface area contributed by atoms with Crippen molar-refractivity contribution in [3.05, 3.63) is 0 Å². The van der Waals surface area contributed by atoms with Crippen molar-refractivity contribution >= 4 is 17.7 Å². The first-order valence-electron chi connectivity index (χ1n) is 3.78. The number of aliphatic carboxylic acids is 1. The van der Waals surface area contributed by atoms with E-state index in [2.05, 4.69) is 0 Å². The third kappa shape index (κ3) is 3.38. The third-order valence-corrected chi connectivity index (χ3v) is 2.10. The average molecular weight is 196 g/mol. The summed E-state index contributed by atoms with van der Waals surface area (Å²) in [5.74, 6) is -1.01. The van der Waals surface area contributed by atoms with E-state index in [4.69, 9.17) is 22.0 Å². The molecule has 0 aromatic heterocycles. The number of nitrogens with zero attached hydrogens (tertiary/aromatic N) is 1. The number of aliphatic hydroxyl groups is 1. The van der Waals surface area contributed by atoms with E-state index in [9.17, 15) is 4.79 Å². The molecule has 4 nitrogen and oxygen atoms in total. The predicted molar refractivity (Wildman–Crippen MR) is 46.0 cm³/mol. The lowest BCUT2D eigenvalue weighted by molar-refractivity contribution is -0.142. The highest BCUT2D eigenvalue weighted by Crippen LogP contribution is 2.12. The van der Waals surface area contributed by atoms with Crippen molar-refractivity contribution in [3.63, 3.8) is 0 Å². The molecule has 1 atom stereocenters. The van der Waals surface area contributed by atoms with Gasteiger partial charge in [0.15, 0.2) is 0 Å². The van der Waals surface area contributed by atoms with E-state index < -0.39 is 12.0 Å². The Morgan fingerprint density at radius 2 is 2.08 bits per heavy atom. The molecule has 0 aliphatic carbocycles. The molecular formula is C7H14ClNO3. The minimum absolute atomic E-state index is 0.0562. The summed E-state index contributed by atoms with van der Waals surface area (Å²) in [6.45, 7) is 3.41. The largest absolute Gasteiger partial charge is 0.480 e. The fourth-order valence-electron chi connectivity index (χ4n) is 0.834. The van der Waals surface area contributed by atoms with Crippen LogP contribution in [0.25, 0.3) is 0 Å². The van der Waals surface area contributed by atoms with Gasteiger partial charge in [0.05, 0.1) is 0 Å². The molecule has 72 valence electrons. The standard InChI is InChI=1S/C7H14ClNO3/c1-5(2)9(8)6(3-4-10)7(11)12/h5-6,10H,3-4H2,1-2H3,(H,11,12). The van der Waals surface area contributed by atoms with Crippen LogP contribution in [-0.4, -0.2) is 39.3 Å². The molecule has 0 bridgehead atoms. The van der Waals surface area contributed by atoms with Crippen molar-refractivity contribution in [2.75, 3.05) is 6.61 Å². The highest BCUT2D eigenvalue weighted by Gasteiger charge is 2.25. The van der Waals surface area contributed by atoms with Gasteiger partial charge in [0.1, 0.15) is 6.04 Å². The highest BCUT2D eigenvalue weighted by atomic mass is 35.5. The summed E-state index contributed by atoms with van der Waals surface area (Å²) in [5.41, 5.74) is 0. The van der Waals surface area contributed by atoms with E-state index in [1.807, 2.05) is 0 Å². The third-order valence-electron chi connectivity index (χ3n) is 1.48. The molecule has 0 aromatic rings. The van der Waals surface area contributed by atoms with Gasteiger partial charge in [-0.2, -0.15) is 0 Å². The minimum Gasteiger partial charge on any atom is -0.480 e. The van der Waals surface area contributed by atoms with Gasteiger partial charge in [-0.1, -0.05) is 0 Å². The summed E-state index contributed by atoms with van der Waals surface area (Å²) in [4.78, 5) is 10.6. The quantitative estimate of drug-likeness (QED) is 0.634. The molecule has 0 amide bonds. The molecular weight excluding hydrogens is 182 g/mol. The second kappa shape index (κ2) is 5.35. The molecule has 0 fully saturated rings. The lowest BCUT2D eigenvalue weighted by atomic mass is 10.2. The Morgan fingerprint density at radius 1 is 1.58 bits per heavy atom. The van der Waals surface area contributed by atoms with Gasteiger partial charge >= 0.3 is 5.97 Å². The highest BCUT2D eigenvalue weighted by molar-refractivity contribution is 6.14. The first kappa shape index (κ1) is 11.7. The van der Waals surface area contributed by atoms with Gasteiger partial charge in [0.25, 0.3) is 0 Å². The summed E-state index contributed by atoms with van der Waals surface area (Å²) < 4.78 is 1.21. The monoisotopic (exact) mass is 195 g/mol. The first-order valence-corrected chi connectivity index (χ1v) is 4.12. The number of aliphatic hydroxyl groups excluding tert-OH is 1. The van der Waals surface area contributed by atoms with Crippen molar-refractivity contribution in [3.8, 4) is 0 Å².